The number of hydrogen-bond acceptors (Lipinski definition) is 6. The van der Waals surface area contributed by atoms with E-state index < -0.39 is 30.5 Å². The van der Waals surface area contributed by atoms with Crippen molar-refractivity contribution in [2.45, 2.75) is 153 Å². The second kappa shape index (κ2) is 12.3. The molecule has 0 saturated heterocycles. The maximum atomic E-state index is 11.3. The van der Waals surface area contributed by atoms with Gasteiger partial charge in [0.05, 0.1) is 48.8 Å². The molecule has 198 valence electrons. The minimum Gasteiger partial charge on any atom is -0.393 e. The van der Waals surface area contributed by atoms with Gasteiger partial charge in [0.15, 0.2) is 0 Å². The van der Waals surface area contributed by atoms with E-state index in [4.69, 9.17) is 9.47 Å². The van der Waals surface area contributed by atoms with E-state index in [0.29, 0.717) is 0 Å². The molecule has 0 amide bonds. The zero-order valence-electron chi connectivity index (χ0n) is 21.4. The van der Waals surface area contributed by atoms with Crippen molar-refractivity contribution in [1.82, 2.24) is 0 Å². The third kappa shape index (κ3) is 6.18. The molecular weight excluding hydrogens is 432 g/mol. The SMILES string of the molecule is CC1CCCC(OC(C2CCCC(C)C2O)C(OC2CCCCC2O)C2CCCCC2O)C1O. The van der Waals surface area contributed by atoms with Gasteiger partial charge in [-0.25, -0.2) is 0 Å². The smallest absolute Gasteiger partial charge is 0.0898 e. The normalized spacial score (nSPS) is 46.1. The van der Waals surface area contributed by atoms with Crippen molar-refractivity contribution in [3.05, 3.63) is 0 Å². The fraction of sp³-hybridized carbons (Fsp3) is 1.00. The van der Waals surface area contributed by atoms with Gasteiger partial charge in [-0.1, -0.05) is 52.4 Å². The van der Waals surface area contributed by atoms with Gasteiger partial charge in [-0.15, -0.1) is 0 Å². The lowest BCUT2D eigenvalue weighted by Crippen LogP contribution is -2.56. The Morgan fingerprint density at radius 1 is 0.500 bits per heavy atom. The summed E-state index contributed by atoms with van der Waals surface area (Å²) in [5, 5.41) is 44.1. The third-order valence-electron chi connectivity index (χ3n) is 9.61. The summed E-state index contributed by atoms with van der Waals surface area (Å²) in [6, 6.07) is 0. The standard InChI is InChI=1S/C28H50O6/c1-17-9-7-12-20(25(17)31)28(34-24-16-8-10-18(2)26(24)32)27(19-11-3-4-13-21(19)29)33-23-15-6-5-14-22(23)30/h17-32H,3-16H2,1-2H3. The van der Waals surface area contributed by atoms with Crippen LogP contribution < -0.4 is 0 Å². The van der Waals surface area contributed by atoms with E-state index in [1.165, 1.54) is 0 Å². The Kier molecular flexibility index (Phi) is 9.73. The molecule has 4 aliphatic rings. The zero-order valence-corrected chi connectivity index (χ0v) is 21.4. The van der Waals surface area contributed by atoms with Crippen molar-refractivity contribution in [3.8, 4) is 0 Å². The largest absolute Gasteiger partial charge is 0.393 e. The molecule has 12 atom stereocenters. The summed E-state index contributed by atoms with van der Waals surface area (Å²) in [7, 11) is 0. The van der Waals surface area contributed by atoms with E-state index in [9.17, 15) is 20.4 Å². The van der Waals surface area contributed by atoms with Gasteiger partial charge in [0.25, 0.3) is 0 Å². The van der Waals surface area contributed by atoms with Gasteiger partial charge < -0.3 is 29.9 Å². The molecule has 12 unspecified atom stereocenters. The molecule has 4 rings (SSSR count). The molecule has 4 N–H and O–H groups in total. The molecule has 4 saturated carbocycles. The summed E-state index contributed by atoms with van der Waals surface area (Å²) >= 11 is 0. The lowest BCUT2D eigenvalue weighted by molar-refractivity contribution is -0.228. The number of rotatable bonds is 7. The molecule has 34 heavy (non-hydrogen) atoms. The van der Waals surface area contributed by atoms with E-state index >= 15 is 0 Å². The van der Waals surface area contributed by atoms with Crippen LogP contribution >= 0.6 is 0 Å². The van der Waals surface area contributed by atoms with Gasteiger partial charge in [0.2, 0.25) is 0 Å². The quantitative estimate of drug-likeness (QED) is 0.438. The highest BCUT2D eigenvalue weighted by Crippen LogP contribution is 2.42. The van der Waals surface area contributed by atoms with Crippen LogP contribution in [0.1, 0.15) is 104 Å². The first kappa shape index (κ1) is 26.8. The van der Waals surface area contributed by atoms with E-state index in [2.05, 4.69) is 13.8 Å². The molecule has 0 aromatic rings. The highest BCUT2D eigenvalue weighted by Gasteiger charge is 2.48. The van der Waals surface area contributed by atoms with Crippen LogP contribution in [0, 0.1) is 23.7 Å². The maximum absolute atomic E-state index is 11.3. The Morgan fingerprint density at radius 3 is 1.71 bits per heavy atom. The first-order valence-electron chi connectivity index (χ1n) is 14.4. The minimum atomic E-state index is -0.522. The van der Waals surface area contributed by atoms with Crippen LogP contribution in [-0.2, 0) is 9.47 Å². The molecule has 0 heterocycles. The lowest BCUT2D eigenvalue weighted by Gasteiger charge is -2.48. The van der Waals surface area contributed by atoms with Gasteiger partial charge in [-0.05, 0) is 63.2 Å². The molecule has 0 radical (unpaired) electrons. The third-order valence-corrected chi connectivity index (χ3v) is 9.61. The molecule has 4 aliphatic carbocycles. The summed E-state index contributed by atoms with van der Waals surface area (Å²) in [5.41, 5.74) is 0. The van der Waals surface area contributed by atoms with Crippen LogP contribution in [-0.4, -0.2) is 69.3 Å². The summed E-state index contributed by atoms with van der Waals surface area (Å²) < 4.78 is 13.6. The molecule has 0 aromatic heterocycles. The van der Waals surface area contributed by atoms with Crippen molar-refractivity contribution in [2.75, 3.05) is 0 Å². The Balaban J connectivity index is 1.65. The lowest BCUT2D eigenvalue weighted by atomic mass is 9.71. The Labute approximate surface area is 206 Å². The van der Waals surface area contributed by atoms with E-state index in [-0.39, 0.29) is 42.0 Å². The van der Waals surface area contributed by atoms with Gasteiger partial charge in [0.1, 0.15) is 0 Å². The number of hydrogen-bond donors (Lipinski definition) is 4. The summed E-state index contributed by atoms with van der Waals surface area (Å²) in [4.78, 5) is 0. The Morgan fingerprint density at radius 2 is 1.00 bits per heavy atom. The topological polar surface area (TPSA) is 99.4 Å². The van der Waals surface area contributed by atoms with Crippen LogP contribution in [0.3, 0.4) is 0 Å². The number of ether oxygens (including phenoxy) is 2. The number of aliphatic hydroxyl groups is 4. The second-order valence-corrected chi connectivity index (χ2v) is 12.1. The van der Waals surface area contributed by atoms with E-state index in [1.54, 1.807) is 0 Å². The van der Waals surface area contributed by atoms with Crippen LogP contribution in [0.5, 0.6) is 0 Å². The van der Waals surface area contributed by atoms with Crippen molar-refractivity contribution < 1.29 is 29.9 Å². The molecule has 0 bridgehead atoms. The van der Waals surface area contributed by atoms with Crippen molar-refractivity contribution in [2.24, 2.45) is 23.7 Å². The molecule has 4 fully saturated rings. The highest BCUT2D eigenvalue weighted by molar-refractivity contribution is 4.96. The zero-order chi connectivity index (χ0) is 24.2. The van der Waals surface area contributed by atoms with Crippen LogP contribution in [0.2, 0.25) is 0 Å². The van der Waals surface area contributed by atoms with E-state index in [1.807, 2.05) is 0 Å². The van der Waals surface area contributed by atoms with Crippen LogP contribution in [0.25, 0.3) is 0 Å². The van der Waals surface area contributed by atoms with Crippen LogP contribution in [0.15, 0.2) is 0 Å². The summed E-state index contributed by atoms with van der Waals surface area (Å²) in [5.74, 6) is 0.218. The predicted octanol–water partition coefficient (Wildman–Crippen LogP) is 3.96. The van der Waals surface area contributed by atoms with Gasteiger partial charge in [-0.3, -0.25) is 0 Å². The minimum absolute atomic E-state index is 0.0736. The van der Waals surface area contributed by atoms with Crippen LogP contribution in [0.4, 0.5) is 0 Å². The maximum Gasteiger partial charge on any atom is 0.0898 e. The van der Waals surface area contributed by atoms with Gasteiger partial charge in [-0.2, -0.15) is 0 Å². The van der Waals surface area contributed by atoms with Gasteiger partial charge in [0, 0.05) is 11.8 Å². The predicted molar refractivity (Wildman–Crippen MR) is 131 cm³/mol. The fourth-order valence-electron chi connectivity index (χ4n) is 7.30. The summed E-state index contributed by atoms with van der Waals surface area (Å²) in [6.45, 7) is 4.20. The second-order valence-electron chi connectivity index (χ2n) is 12.1. The average Bonchev–Trinajstić information content (AvgIpc) is 2.82. The monoisotopic (exact) mass is 482 g/mol. The van der Waals surface area contributed by atoms with Crippen molar-refractivity contribution >= 4 is 0 Å². The molecule has 6 nitrogen and oxygen atoms in total. The average molecular weight is 483 g/mol. The first-order chi connectivity index (χ1) is 16.4. The highest BCUT2D eigenvalue weighted by atomic mass is 16.6. The van der Waals surface area contributed by atoms with Crippen molar-refractivity contribution in [3.63, 3.8) is 0 Å². The molecule has 0 aliphatic heterocycles. The summed E-state index contributed by atoms with van der Waals surface area (Å²) in [6.07, 6.45) is 9.80. The molecule has 0 spiro atoms. The molecule has 0 aromatic carbocycles. The fourth-order valence-corrected chi connectivity index (χ4v) is 7.30. The Bertz CT molecular complexity index is 616. The first-order valence-corrected chi connectivity index (χ1v) is 14.4. The Hall–Kier alpha value is -0.240. The molecular formula is C28H50O6. The molecule has 6 heteroatoms. The van der Waals surface area contributed by atoms with Gasteiger partial charge >= 0.3 is 0 Å². The number of aliphatic hydroxyl groups excluding tert-OH is 4. The van der Waals surface area contributed by atoms with E-state index in [0.717, 1.165) is 89.9 Å². The van der Waals surface area contributed by atoms with Crippen molar-refractivity contribution in [1.29, 1.82) is 0 Å².